The van der Waals surface area contributed by atoms with Crippen molar-refractivity contribution in [3.63, 3.8) is 0 Å². The molecule has 0 saturated heterocycles. The number of para-hydroxylation sites is 1. The second kappa shape index (κ2) is 5.75. The van der Waals surface area contributed by atoms with Crippen LogP contribution in [0.25, 0.3) is 44.2 Å². The van der Waals surface area contributed by atoms with Gasteiger partial charge in [0.25, 0.3) is 0 Å². The van der Waals surface area contributed by atoms with Crippen LogP contribution in [-0.4, -0.2) is 0 Å². The van der Waals surface area contributed by atoms with Crippen LogP contribution in [0.5, 0.6) is 0 Å². The Kier molecular flexibility index (Phi) is 3.34. The highest BCUT2D eigenvalue weighted by molar-refractivity contribution is 6.35. The van der Waals surface area contributed by atoms with Gasteiger partial charge in [-0.1, -0.05) is 80.0 Å². The molecule has 5 aromatic rings. The first kappa shape index (κ1) is 16.9. The zero-order chi connectivity index (χ0) is 19.8. The van der Waals surface area contributed by atoms with Crippen molar-refractivity contribution in [2.24, 2.45) is 0 Å². The van der Waals surface area contributed by atoms with Crippen molar-refractivity contribution in [2.75, 3.05) is 0 Å². The minimum absolute atomic E-state index is 0.00107. The Bertz CT molecular complexity index is 1440. The lowest BCUT2D eigenvalue weighted by atomic mass is 9.81. The summed E-state index contributed by atoms with van der Waals surface area (Å²) < 4.78 is 6.10. The summed E-state index contributed by atoms with van der Waals surface area (Å²) in [6, 6.07) is 27.9. The van der Waals surface area contributed by atoms with Gasteiger partial charge < -0.3 is 4.42 Å². The van der Waals surface area contributed by atoms with E-state index in [1.54, 1.807) is 0 Å². The Morgan fingerprint density at radius 2 is 1.45 bits per heavy atom. The Morgan fingerprint density at radius 1 is 0.690 bits per heavy atom. The van der Waals surface area contributed by atoms with Crippen LogP contribution in [0.2, 0.25) is 5.02 Å². The van der Waals surface area contributed by atoms with E-state index in [1.807, 2.05) is 12.1 Å². The molecular formula is C27H19ClO. The zero-order valence-electron chi connectivity index (χ0n) is 16.3. The molecule has 1 heterocycles. The van der Waals surface area contributed by atoms with Crippen LogP contribution in [0, 0.1) is 0 Å². The topological polar surface area (TPSA) is 13.1 Å². The molecule has 1 aromatic heterocycles. The summed E-state index contributed by atoms with van der Waals surface area (Å²) in [7, 11) is 0. The van der Waals surface area contributed by atoms with E-state index < -0.39 is 0 Å². The smallest absolute Gasteiger partial charge is 0.153 e. The molecule has 4 aromatic carbocycles. The molecule has 0 saturated carbocycles. The summed E-state index contributed by atoms with van der Waals surface area (Å²) in [6.07, 6.45) is 0. The number of furan rings is 1. The van der Waals surface area contributed by atoms with Crippen LogP contribution in [-0.2, 0) is 5.41 Å². The summed E-state index contributed by atoms with van der Waals surface area (Å²) >= 11 is 6.33. The second-order valence-electron chi connectivity index (χ2n) is 8.36. The molecule has 2 heteroatoms. The van der Waals surface area contributed by atoms with E-state index in [-0.39, 0.29) is 5.41 Å². The van der Waals surface area contributed by atoms with Gasteiger partial charge in [-0.05, 0) is 57.6 Å². The first-order chi connectivity index (χ1) is 14.0. The summed E-state index contributed by atoms with van der Waals surface area (Å²) in [5.74, 6) is 0. The molecule has 0 radical (unpaired) electrons. The normalized spacial score (nSPS) is 14.3. The van der Waals surface area contributed by atoms with Crippen molar-refractivity contribution in [3.05, 3.63) is 95.0 Å². The maximum absolute atomic E-state index is 6.33. The summed E-state index contributed by atoms with van der Waals surface area (Å²) in [5.41, 5.74) is 9.45. The van der Waals surface area contributed by atoms with Gasteiger partial charge in [-0.25, -0.2) is 0 Å². The van der Waals surface area contributed by atoms with Crippen molar-refractivity contribution >= 4 is 33.5 Å². The number of benzene rings is 4. The Morgan fingerprint density at radius 3 is 2.34 bits per heavy atom. The average molecular weight is 395 g/mol. The number of halogens is 1. The van der Waals surface area contributed by atoms with Crippen LogP contribution in [0.1, 0.15) is 25.0 Å². The highest BCUT2D eigenvalue weighted by atomic mass is 35.5. The standard InChI is InChI=1S/C27H19ClO/c1-27(2)22-8-4-3-6-18(22)19-12-10-16(14-23(19)27)17-11-13-20-21-7-5-9-24(28)26(21)29-25(20)15-17/h3-15H,1-2H3. The van der Waals surface area contributed by atoms with Crippen molar-refractivity contribution in [1.29, 1.82) is 0 Å². The number of fused-ring (bicyclic) bond motifs is 6. The third kappa shape index (κ3) is 2.28. The fourth-order valence-electron chi connectivity index (χ4n) is 4.83. The molecule has 0 spiro atoms. The van der Waals surface area contributed by atoms with Gasteiger partial charge in [0.2, 0.25) is 0 Å². The van der Waals surface area contributed by atoms with Gasteiger partial charge in [-0.2, -0.15) is 0 Å². The van der Waals surface area contributed by atoms with E-state index in [2.05, 4.69) is 80.6 Å². The molecule has 0 amide bonds. The predicted octanol–water partition coefficient (Wildman–Crippen LogP) is 8.21. The van der Waals surface area contributed by atoms with Gasteiger partial charge in [0.15, 0.2) is 5.58 Å². The minimum atomic E-state index is -0.00107. The van der Waals surface area contributed by atoms with Crippen molar-refractivity contribution in [3.8, 4) is 22.3 Å². The third-order valence-corrected chi connectivity index (χ3v) is 6.67. The van der Waals surface area contributed by atoms with E-state index in [1.165, 1.54) is 27.8 Å². The molecule has 140 valence electrons. The quantitative estimate of drug-likeness (QED) is 0.279. The van der Waals surface area contributed by atoms with Gasteiger partial charge in [0, 0.05) is 16.2 Å². The van der Waals surface area contributed by atoms with Crippen LogP contribution < -0.4 is 0 Å². The van der Waals surface area contributed by atoms with E-state index >= 15 is 0 Å². The molecule has 1 aliphatic rings. The average Bonchev–Trinajstić information content (AvgIpc) is 3.22. The molecule has 6 rings (SSSR count). The van der Waals surface area contributed by atoms with E-state index in [0.29, 0.717) is 5.02 Å². The predicted molar refractivity (Wildman–Crippen MR) is 122 cm³/mol. The lowest BCUT2D eigenvalue weighted by molar-refractivity contribution is 0.660. The molecule has 29 heavy (non-hydrogen) atoms. The van der Waals surface area contributed by atoms with E-state index in [4.69, 9.17) is 16.0 Å². The largest absolute Gasteiger partial charge is 0.454 e. The first-order valence-corrected chi connectivity index (χ1v) is 10.3. The molecule has 0 unspecified atom stereocenters. The molecule has 1 nitrogen and oxygen atoms in total. The van der Waals surface area contributed by atoms with Gasteiger partial charge >= 0.3 is 0 Å². The van der Waals surface area contributed by atoms with Crippen LogP contribution >= 0.6 is 11.6 Å². The summed E-state index contributed by atoms with van der Waals surface area (Å²) in [4.78, 5) is 0. The fraction of sp³-hybridized carbons (Fsp3) is 0.111. The highest BCUT2D eigenvalue weighted by Gasteiger charge is 2.35. The lowest BCUT2D eigenvalue weighted by Gasteiger charge is -2.22. The molecule has 0 fully saturated rings. The Balaban J connectivity index is 1.53. The molecular weight excluding hydrogens is 376 g/mol. The number of hydrogen-bond donors (Lipinski definition) is 0. The maximum Gasteiger partial charge on any atom is 0.153 e. The van der Waals surface area contributed by atoms with Crippen LogP contribution in [0.15, 0.2) is 83.3 Å². The van der Waals surface area contributed by atoms with E-state index in [0.717, 1.165) is 27.5 Å². The fourth-order valence-corrected chi connectivity index (χ4v) is 5.04. The van der Waals surface area contributed by atoms with Gasteiger partial charge in [0.1, 0.15) is 5.58 Å². The molecule has 0 bridgehead atoms. The van der Waals surface area contributed by atoms with Gasteiger partial charge in [0.05, 0.1) is 5.02 Å². The maximum atomic E-state index is 6.33. The minimum Gasteiger partial charge on any atom is -0.454 e. The number of hydrogen-bond acceptors (Lipinski definition) is 1. The Hall–Kier alpha value is -3.03. The third-order valence-electron chi connectivity index (χ3n) is 6.37. The van der Waals surface area contributed by atoms with Gasteiger partial charge in [-0.15, -0.1) is 0 Å². The first-order valence-electron chi connectivity index (χ1n) is 9.89. The highest BCUT2D eigenvalue weighted by Crippen LogP contribution is 2.49. The van der Waals surface area contributed by atoms with Crippen LogP contribution in [0.3, 0.4) is 0 Å². The SMILES string of the molecule is CC1(C)c2ccccc2-c2ccc(-c3ccc4c(c3)oc3c(Cl)cccc34)cc21. The Labute approximate surface area is 174 Å². The number of rotatable bonds is 1. The monoisotopic (exact) mass is 394 g/mol. The second-order valence-corrected chi connectivity index (χ2v) is 8.77. The molecule has 0 atom stereocenters. The molecule has 1 aliphatic carbocycles. The molecule has 0 aliphatic heterocycles. The lowest BCUT2D eigenvalue weighted by Crippen LogP contribution is -2.14. The van der Waals surface area contributed by atoms with Gasteiger partial charge in [-0.3, -0.25) is 0 Å². The zero-order valence-corrected chi connectivity index (χ0v) is 17.0. The van der Waals surface area contributed by atoms with Crippen LogP contribution in [0.4, 0.5) is 0 Å². The van der Waals surface area contributed by atoms with Crippen molar-refractivity contribution < 1.29 is 4.42 Å². The molecule has 0 N–H and O–H groups in total. The van der Waals surface area contributed by atoms with Crippen molar-refractivity contribution in [2.45, 2.75) is 19.3 Å². The summed E-state index contributed by atoms with van der Waals surface area (Å²) in [5, 5.41) is 2.81. The van der Waals surface area contributed by atoms with E-state index in [9.17, 15) is 0 Å². The van der Waals surface area contributed by atoms with Crippen molar-refractivity contribution in [1.82, 2.24) is 0 Å². The summed E-state index contributed by atoms with van der Waals surface area (Å²) in [6.45, 7) is 4.62.